The summed E-state index contributed by atoms with van der Waals surface area (Å²) in [5, 5.41) is 18.2. The maximum Gasteiger partial charge on any atom is 0.300 e. The van der Waals surface area contributed by atoms with Crippen LogP contribution in [0.4, 0.5) is 4.39 Å². The number of carboxylic acids is 1. The van der Waals surface area contributed by atoms with E-state index in [-0.39, 0.29) is 5.96 Å². The van der Waals surface area contributed by atoms with Crippen LogP contribution in [0.25, 0.3) is 0 Å². The topological polar surface area (TPSA) is 112 Å². The smallest absolute Gasteiger partial charge is 0.300 e. The van der Waals surface area contributed by atoms with E-state index in [1.165, 1.54) is 24.4 Å². The predicted molar refractivity (Wildman–Crippen MR) is 67.4 cm³/mol. The van der Waals surface area contributed by atoms with Gasteiger partial charge in [-0.05, 0) is 18.2 Å². The van der Waals surface area contributed by atoms with Gasteiger partial charge in [-0.2, -0.15) is 5.10 Å². The number of guanidine groups is 1. The molecule has 0 atom stereocenters. The summed E-state index contributed by atoms with van der Waals surface area (Å²) >= 11 is 5.74. The van der Waals surface area contributed by atoms with Gasteiger partial charge < -0.3 is 10.8 Å². The molecular formula is C10H12ClFN4O2. The molecule has 0 aliphatic heterocycles. The summed E-state index contributed by atoms with van der Waals surface area (Å²) in [6.45, 7) is 1.08. The van der Waals surface area contributed by atoms with Gasteiger partial charge in [0.15, 0.2) is 0 Å². The number of carboxylic acid groups (broad SMARTS) is 1. The largest absolute Gasteiger partial charge is 0.481 e. The molecule has 0 heterocycles. The van der Waals surface area contributed by atoms with E-state index in [4.69, 9.17) is 32.6 Å². The Kier molecular flexibility index (Phi) is 7.06. The number of rotatable bonds is 2. The molecule has 5 N–H and O–H groups in total. The number of hydrogen-bond donors (Lipinski definition) is 4. The van der Waals surface area contributed by atoms with E-state index in [1.807, 2.05) is 0 Å². The minimum Gasteiger partial charge on any atom is -0.481 e. The molecule has 98 valence electrons. The molecule has 8 heteroatoms. The molecule has 6 nitrogen and oxygen atoms in total. The fourth-order valence-corrected chi connectivity index (χ4v) is 0.951. The minimum atomic E-state index is -0.833. The first-order chi connectivity index (χ1) is 8.32. The van der Waals surface area contributed by atoms with Gasteiger partial charge in [0, 0.05) is 17.5 Å². The fraction of sp³-hybridized carbons (Fsp3) is 0.100. The Labute approximate surface area is 108 Å². The van der Waals surface area contributed by atoms with Crippen molar-refractivity contribution in [2.75, 3.05) is 0 Å². The number of nitrogens with zero attached hydrogens (tertiary/aromatic N) is 1. The van der Waals surface area contributed by atoms with Crippen molar-refractivity contribution in [2.24, 2.45) is 10.8 Å². The molecule has 0 saturated carbocycles. The molecule has 0 aliphatic carbocycles. The number of hydrazone groups is 1. The van der Waals surface area contributed by atoms with Gasteiger partial charge in [0.1, 0.15) is 5.82 Å². The van der Waals surface area contributed by atoms with Crippen LogP contribution in [-0.2, 0) is 4.79 Å². The Bertz CT molecular complexity index is 461. The second-order valence-corrected chi connectivity index (χ2v) is 3.38. The maximum atomic E-state index is 12.7. The van der Waals surface area contributed by atoms with Crippen LogP contribution in [0.5, 0.6) is 0 Å². The lowest BCUT2D eigenvalue weighted by molar-refractivity contribution is -0.134. The van der Waals surface area contributed by atoms with E-state index < -0.39 is 11.8 Å². The number of hydrogen-bond acceptors (Lipinski definition) is 3. The van der Waals surface area contributed by atoms with Crippen LogP contribution in [0.1, 0.15) is 12.5 Å². The Morgan fingerprint density at radius 1 is 1.67 bits per heavy atom. The third-order valence-electron chi connectivity index (χ3n) is 1.35. The molecule has 0 saturated heterocycles. The van der Waals surface area contributed by atoms with E-state index in [2.05, 4.69) is 10.5 Å². The van der Waals surface area contributed by atoms with E-state index in [1.54, 1.807) is 0 Å². The average molecular weight is 275 g/mol. The first kappa shape index (κ1) is 15.9. The second kappa shape index (κ2) is 8.02. The zero-order chi connectivity index (χ0) is 14.1. The summed E-state index contributed by atoms with van der Waals surface area (Å²) in [4.78, 5) is 9.00. The normalized spacial score (nSPS) is 9.50. The van der Waals surface area contributed by atoms with Gasteiger partial charge in [-0.15, -0.1) is 0 Å². The van der Waals surface area contributed by atoms with Crippen molar-refractivity contribution in [3.05, 3.63) is 34.6 Å². The molecule has 1 rings (SSSR count). The first-order valence-corrected chi connectivity index (χ1v) is 4.98. The SMILES string of the molecule is CC(=O)O.N=C(N)N/N=C/c1cc(F)ccc1Cl. The van der Waals surface area contributed by atoms with Crippen molar-refractivity contribution >= 4 is 29.7 Å². The van der Waals surface area contributed by atoms with Gasteiger partial charge in [-0.3, -0.25) is 10.2 Å². The first-order valence-electron chi connectivity index (χ1n) is 4.60. The Morgan fingerprint density at radius 3 is 2.72 bits per heavy atom. The van der Waals surface area contributed by atoms with E-state index >= 15 is 0 Å². The molecule has 1 aromatic rings. The Morgan fingerprint density at radius 2 is 2.22 bits per heavy atom. The van der Waals surface area contributed by atoms with Crippen LogP contribution in [0.3, 0.4) is 0 Å². The van der Waals surface area contributed by atoms with Crippen molar-refractivity contribution in [1.29, 1.82) is 5.41 Å². The highest BCUT2D eigenvalue weighted by Gasteiger charge is 1.98. The van der Waals surface area contributed by atoms with Crippen LogP contribution in [0, 0.1) is 11.2 Å². The van der Waals surface area contributed by atoms with Gasteiger partial charge >= 0.3 is 0 Å². The third-order valence-corrected chi connectivity index (χ3v) is 1.69. The number of nitrogens with one attached hydrogen (secondary N) is 2. The molecule has 0 aliphatic rings. The average Bonchev–Trinajstić information content (AvgIpc) is 2.22. The van der Waals surface area contributed by atoms with Gasteiger partial charge in [0.25, 0.3) is 5.97 Å². The van der Waals surface area contributed by atoms with Crippen molar-refractivity contribution < 1.29 is 14.3 Å². The molecule has 0 radical (unpaired) electrons. The van der Waals surface area contributed by atoms with Crippen LogP contribution in [0.2, 0.25) is 5.02 Å². The van der Waals surface area contributed by atoms with Crippen LogP contribution in [-0.4, -0.2) is 23.2 Å². The zero-order valence-electron chi connectivity index (χ0n) is 9.45. The molecule has 0 fully saturated rings. The minimum absolute atomic E-state index is 0.297. The lowest BCUT2D eigenvalue weighted by Gasteiger charge is -1.98. The summed E-state index contributed by atoms with van der Waals surface area (Å²) < 4.78 is 12.7. The monoisotopic (exact) mass is 274 g/mol. The number of benzene rings is 1. The second-order valence-electron chi connectivity index (χ2n) is 2.97. The summed E-state index contributed by atoms with van der Waals surface area (Å²) in [5.41, 5.74) is 7.58. The molecule has 0 aromatic heterocycles. The highest BCUT2D eigenvalue weighted by atomic mass is 35.5. The van der Waals surface area contributed by atoms with Gasteiger partial charge in [0.05, 0.1) is 6.21 Å². The summed E-state index contributed by atoms with van der Waals surface area (Å²) in [7, 11) is 0. The van der Waals surface area contributed by atoms with Gasteiger partial charge in [-0.25, -0.2) is 9.82 Å². The summed E-state index contributed by atoms with van der Waals surface area (Å²) in [6, 6.07) is 3.90. The van der Waals surface area contributed by atoms with Crippen molar-refractivity contribution in [3.8, 4) is 0 Å². The van der Waals surface area contributed by atoms with Gasteiger partial charge in [0.2, 0.25) is 5.96 Å². The lowest BCUT2D eigenvalue weighted by atomic mass is 10.2. The van der Waals surface area contributed by atoms with Crippen molar-refractivity contribution in [2.45, 2.75) is 6.92 Å². The molecule has 0 spiro atoms. The molecule has 0 bridgehead atoms. The highest BCUT2D eigenvalue weighted by Crippen LogP contribution is 2.14. The van der Waals surface area contributed by atoms with Crippen LogP contribution < -0.4 is 11.2 Å². The van der Waals surface area contributed by atoms with Crippen molar-refractivity contribution in [1.82, 2.24) is 5.43 Å². The van der Waals surface area contributed by atoms with E-state index in [9.17, 15) is 4.39 Å². The fourth-order valence-electron chi connectivity index (χ4n) is 0.785. The lowest BCUT2D eigenvalue weighted by Crippen LogP contribution is -2.25. The van der Waals surface area contributed by atoms with Gasteiger partial charge in [-0.1, -0.05) is 11.6 Å². The summed E-state index contributed by atoms with van der Waals surface area (Å²) in [5.74, 6) is -1.53. The van der Waals surface area contributed by atoms with Crippen LogP contribution in [0.15, 0.2) is 23.3 Å². The number of carbonyl (C=O) groups is 1. The summed E-state index contributed by atoms with van der Waals surface area (Å²) in [6.07, 6.45) is 1.28. The quantitative estimate of drug-likeness (QED) is 0.371. The molecule has 0 amide bonds. The van der Waals surface area contributed by atoms with Crippen molar-refractivity contribution in [3.63, 3.8) is 0 Å². The maximum absolute atomic E-state index is 12.7. The Balaban J connectivity index is 0.000000631. The van der Waals surface area contributed by atoms with E-state index in [0.29, 0.717) is 10.6 Å². The number of halogens is 2. The molecule has 18 heavy (non-hydrogen) atoms. The third kappa shape index (κ3) is 8.05. The highest BCUT2D eigenvalue weighted by molar-refractivity contribution is 6.33. The van der Waals surface area contributed by atoms with E-state index in [0.717, 1.165) is 6.92 Å². The molecular weight excluding hydrogens is 263 g/mol. The molecule has 1 aromatic carbocycles. The number of nitrogens with two attached hydrogens (primary N) is 1. The zero-order valence-corrected chi connectivity index (χ0v) is 10.2. The standard InChI is InChI=1S/C8H8ClFN4.C2H4O2/c9-7-2-1-6(10)3-5(7)4-13-14-8(11)12;1-2(3)4/h1-4H,(H4,11,12,14);1H3,(H,3,4)/b13-4+;. The molecule has 0 unspecified atom stereocenters. The predicted octanol–water partition coefficient (Wildman–Crippen LogP) is 1.39. The number of aliphatic carboxylic acids is 1. The van der Waals surface area contributed by atoms with Crippen LogP contribution >= 0.6 is 11.6 Å². The Hall–Kier alpha value is -2.15.